The molecule has 1 N–H and O–H groups in total. The van der Waals surface area contributed by atoms with Gasteiger partial charge >= 0.3 is 0 Å². The van der Waals surface area contributed by atoms with Gasteiger partial charge in [0.1, 0.15) is 18.5 Å². The Morgan fingerprint density at radius 1 is 1.12 bits per heavy atom. The van der Waals surface area contributed by atoms with Crippen LogP contribution in [-0.4, -0.2) is 43.2 Å². The third-order valence-corrected chi connectivity index (χ3v) is 4.71. The second kappa shape index (κ2) is 7.25. The maximum absolute atomic E-state index is 12.6. The number of morpholine rings is 1. The van der Waals surface area contributed by atoms with E-state index in [4.69, 9.17) is 9.47 Å². The minimum atomic E-state index is -0.440. The lowest BCUT2D eigenvalue weighted by Crippen LogP contribution is -2.50. The summed E-state index contributed by atoms with van der Waals surface area (Å²) in [4.78, 5) is 14.9. The molecule has 4 rings (SSSR count). The Balaban J connectivity index is 1.36. The summed E-state index contributed by atoms with van der Waals surface area (Å²) in [6, 6.07) is 18.0. The zero-order valence-corrected chi connectivity index (χ0v) is 14.1. The van der Waals surface area contributed by atoms with Crippen molar-refractivity contribution in [2.45, 2.75) is 18.7 Å². The van der Waals surface area contributed by atoms with E-state index in [1.54, 1.807) is 0 Å². The third-order valence-electron chi connectivity index (χ3n) is 4.71. The predicted octanol–water partition coefficient (Wildman–Crippen LogP) is 2.14. The van der Waals surface area contributed by atoms with E-state index in [1.807, 2.05) is 42.5 Å². The molecule has 25 heavy (non-hydrogen) atoms. The van der Waals surface area contributed by atoms with Crippen LogP contribution in [-0.2, 0) is 16.1 Å². The summed E-state index contributed by atoms with van der Waals surface area (Å²) in [5.41, 5.74) is 2.29. The molecular weight excluding hydrogens is 316 g/mol. The number of carbonyl (C=O) groups is 1. The molecule has 0 aromatic heterocycles. The smallest absolute Gasteiger partial charge is 0.251 e. The van der Waals surface area contributed by atoms with E-state index >= 15 is 0 Å². The van der Waals surface area contributed by atoms with E-state index in [0.717, 1.165) is 24.4 Å². The SMILES string of the molecule is O=C(N[C@@H]1COc2ccccc21)[C@H]1CN(Cc2ccccc2)CCO1. The molecule has 0 bridgehead atoms. The molecule has 0 spiro atoms. The number of hydrogen-bond donors (Lipinski definition) is 1. The number of hydrogen-bond acceptors (Lipinski definition) is 4. The van der Waals surface area contributed by atoms with Gasteiger partial charge in [0.15, 0.2) is 0 Å². The van der Waals surface area contributed by atoms with Gasteiger partial charge in [-0.1, -0.05) is 48.5 Å². The minimum Gasteiger partial charge on any atom is -0.491 e. The Kier molecular flexibility index (Phi) is 4.68. The van der Waals surface area contributed by atoms with Crippen molar-refractivity contribution in [3.8, 4) is 5.75 Å². The van der Waals surface area contributed by atoms with Crippen molar-refractivity contribution < 1.29 is 14.3 Å². The van der Waals surface area contributed by atoms with Gasteiger partial charge in [0, 0.05) is 25.2 Å². The largest absolute Gasteiger partial charge is 0.491 e. The lowest BCUT2D eigenvalue weighted by Gasteiger charge is -2.32. The molecule has 0 saturated carbocycles. The topological polar surface area (TPSA) is 50.8 Å². The second-order valence-corrected chi connectivity index (χ2v) is 6.49. The number of amides is 1. The molecule has 0 radical (unpaired) electrons. The highest BCUT2D eigenvalue weighted by atomic mass is 16.5. The minimum absolute atomic E-state index is 0.0666. The van der Waals surface area contributed by atoms with Crippen molar-refractivity contribution in [3.05, 3.63) is 65.7 Å². The van der Waals surface area contributed by atoms with Crippen LogP contribution >= 0.6 is 0 Å². The highest BCUT2D eigenvalue weighted by molar-refractivity contribution is 5.81. The fourth-order valence-corrected chi connectivity index (χ4v) is 3.39. The van der Waals surface area contributed by atoms with Gasteiger partial charge in [-0.15, -0.1) is 0 Å². The number of nitrogens with zero attached hydrogens (tertiary/aromatic N) is 1. The van der Waals surface area contributed by atoms with Crippen molar-refractivity contribution >= 4 is 5.91 Å². The van der Waals surface area contributed by atoms with Crippen LogP contribution in [0.15, 0.2) is 54.6 Å². The van der Waals surface area contributed by atoms with Crippen molar-refractivity contribution in [1.82, 2.24) is 10.2 Å². The van der Waals surface area contributed by atoms with Crippen LogP contribution in [0, 0.1) is 0 Å². The van der Waals surface area contributed by atoms with Gasteiger partial charge in [-0.2, -0.15) is 0 Å². The lowest BCUT2D eigenvalue weighted by molar-refractivity contribution is -0.139. The van der Waals surface area contributed by atoms with Crippen LogP contribution in [0.2, 0.25) is 0 Å². The van der Waals surface area contributed by atoms with Gasteiger partial charge in [0.2, 0.25) is 0 Å². The summed E-state index contributed by atoms with van der Waals surface area (Å²) in [5.74, 6) is 0.783. The first-order valence-electron chi connectivity index (χ1n) is 8.69. The normalized spacial score (nSPS) is 22.9. The Morgan fingerprint density at radius 3 is 2.80 bits per heavy atom. The number of ether oxygens (including phenoxy) is 2. The molecule has 130 valence electrons. The number of para-hydroxylation sites is 1. The summed E-state index contributed by atoms with van der Waals surface area (Å²) in [6.45, 7) is 3.33. The fraction of sp³-hybridized carbons (Fsp3) is 0.350. The Hall–Kier alpha value is -2.37. The number of benzene rings is 2. The van der Waals surface area contributed by atoms with Gasteiger partial charge in [-0.25, -0.2) is 0 Å². The van der Waals surface area contributed by atoms with Crippen molar-refractivity contribution in [2.75, 3.05) is 26.3 Å². The highest BCUT2D eigenvalue weighted by Gasteiger charge is 2.31. The summed E-state index contributed by atoms with van der Waals surface area (Å²) in [7, 11) is 0. The van der Waals surface area contributed by atoms with E-state index in [-0.39, 0.29) is 11.9 Å². The van der Waals surface area contributed by atoms with E-state index in [1.165, 1.54) is 5.56 Å². The van der Waals surface area contributed by atoms with Gasteiger partial charge in [0.25, 0.3) is 5.91 Å². The number of fused-ring (bicyclic) bond motifs is 1. The standard InChI is InChI=1S/C20H22N2O3/c23-20(21-17-14-25-18-9-5-4-8-16(17)18)19-13-22(10-11-24-19)12-15-6-2-1-3-7-15/h1-9,17,19H,10-14H2,(H,21,23)/t17-,19-/m1/s1. The molecule has 2 aliphatic heterocycles. The van der Waals surface area contributed by atoms with Crippen LogP contribution in [0.5, 0.6) is 5.75 Å². The van der Waals surface area contributed by atoms with Crippen molar-refractivity contribution in [3.63, 3.8) is 0 Å². The molecule has 0 unspecified atom stereocenters. The molecule has 2 atom stereocenters. The van der Waals surface area contributed by atoms with E-state index < -0.39 is 6.10 Å². The average molecular weight is 338 g/mol. The Labute approximate surface area is 147 Å². The first-order valence-corrected chi connectivity index (χ1v) is 8.69. The van der Waals surface area contributed by atoms with Crippen molar-refractivity contribution in [2.24, 2.45) is 0 Å². The quantitative estimate of drug-likeness (QED) is 0.928. The molecule has 2 heterocycles. The van der Waals surface area contributed by atoms with Gasteiger partial charge in [-0.3, -0.25) is 9.69 Å². The maximum Gasteiger partial charge on any atom is 0.251 e. The van der Waals surface area contributed by atoms with Gasteiger partial charge in [0.05, 0.1) is 12.6 Å². The van der Waals surface area contributed by atoms with Crippen LogP contribution < -0.4 is 10.1 Å². The average Bonchev–Trinajstić information content (AvgIpc) is 3.06. The lowest BCUT2D eigenvalue weighted by atomic mass is 10.1. The summed E-state index contributed by atoms with van der Waals surface area (Å²) in [6.07, 6.45) is -0.440. The zero-order chi connectivity index (χ0) is 17.1. The van der Waals surface area contributed by atoms with Gasteiger partial charge < -0.3 is 14.8 Å². The molecule has 2 aromatic rings. The fourth-order valence-electron chi connectivity index (χ4n) is 3.39. The summed E-state index contributed by atoms with van der Waals surface area (Å²) in [5, 5.41) is 3.07. The van der Waals surface area contributed by atoms with E-state index in [0.29, 0.717) is 19.8 Å². The van der Waals surface area contributed by atoms with Crippen molar-refractivity contribution in [1.29, 1.82) is 0 Å². The predicted molar refractivity (Wildman–Crippen MR) is 94.3 cm³/mol. The highest BCUT2D eigenvalue weighted by Crippen LogP contribution is 2.31. The molecule has 1 fully saturated rings. The van der Waals surface area contributed by atoms with Crippen LogP contribution in [0.1, 0.15) is 17.2 Å². The Morgan fingerprint density at radius 2 is 1.92 bits per heavy atom. The van der Waals surface area contributed by atoms with Crippen LogP contribution in [0.25, 0.3) is 0 Å². The molecule has 0 aliphatic carbocycles. The Bertz CT molecular complexity index is 735. The van der Waals surface area contributed by atoms with Crippen LogP contribution in [0.4, 0.5) is 0 Å². The second-order valence-electron chi connectivity index (χ2n) is 6.49. The molecule has 2 aromatic carbocycles. The van der Waals surface area contributed by atoms with E-state index in [9.17, 15) is 4.79 Å². The zero-order valence-electron chi connectivity index (χ0n) is 14.1. The van der Waals surface area contributed by atoms with Crippen LogP contribution in [0.3, 0.4) is 0 Å². The van der Waals surface area contributed by atoms with E-state index in [2.05, 4.69) is 22.3 Å². The molecule has 5 heteroatoms. The first-order chi connectivity index (χ1) is 12.3. The number of nitrogens with one attached hydrogen (secondary N) is 1. The monoisotopic (exact) mass is 338 g/mol. The number of carbonyl (C=O) groups excluding carboxylic acids is 1. The molecule has 1 saturated heterocycles. The number of rotatable bonds is 4. The maximum atomic E-state index is 12.6. The molecule has 5 nitrogen and oxygen atoms in total. The summed E-state index contributed by atoms with van der Waals surface area (Å²) < 4.78 is 11.3. The molecule has 1 amide bonds. The molecule has 2 aliphatic rings. The first kappa shape index (κ1) is 16.1. The summed E-state index contributed by atoms with van der Waals surface area (Å²) >= 11 is 0. The van der Waals surface area contributed by atoms with Gasteiger partial charge in [-0.05, 0) is 11.6 Å². The third kappa shape index (κ3) is 3.67. The molecular formula is C20H22N2O3.